The van der Waals surface area contributed by atoms with Crippen LogP contribution in [0.1, 0.15) is 18.3 Å². The van der Waals surface area contributed by atoms with E-state index in [-0.39, 0.29) is 0 Å². The molecular formula is C21H28N4O2. The Kier molecular flexibility index (Phi) is 5.27. The number of benzene rings is 1. The second-order valence-electron chi connectivity index (χ2n) is 7.79. The summed E-state index contributed by atoms with van der Waals surface area (Å²) in [5.74, 6) is 3.99. The molecule has 0 amide bonds. The molecule has 1 saturated heterocycles. The molecule has 3 atom stereocenters. The normalized spacial score (nSPS) is 23.5. The molecule has 1 unspecified atom stereocenters. The van der Waals surface area contributed by atoms with Gasteiger partial charge in [-0.2, -0.15) is 0 Å². The van der Waals surface area contributed by atoms with E-state index in [9.17, 15) is 0 Å². The zero-order chi connectivity index (χ0) is 18.8. The first-order valence-electron chi connectivity index (χ1n) is 9.59. The molecule has 1 aromatic heterocycles. The standard InChI is InChI=1S/C21H28N4O2/c1-15(2)9-25-20(14-27-12-16-7-5-4-6-8-16)22-23-21(25)24-10-17-18(11-24)19(17)13-26-3/h4-8,17-19H,1,9-14H2,2-3H3/t17-,18+,19?. The predicted octanol–water partition coefficient (Wildman–Crippen LogP) is 2.90. The number of fused-ring (bicyclic) bond motifs is 1. The number of allylic oxidation sites excluding steroid dienone is 1. The smallest absolute Gasteiger partial charge is 0.227 e. The van der Waals surface area contributed by atoms with E-state index in [0.29, 0.717) is 13.2 Å². The first kappa shape index (κ1) is 18.2. The second kappa shape index (κ2) is 7.82. The van der Waals surface area contributed by atoms with Crippen LogP contribution in [0.2, 0.25) is 0 Å². The van der Waals surface area contributed by atoms with Gasteiger partial charge in [-0.3, -0.25) is 4.57 Å². The van der Waals surface area contributed by atoms with Crippen molar-refractivity contribution in [1.29, 1.82) is 0 Å². The summed E-state index contributed by atoms with van der Waals surface area (Å²) in [6, 6.07) is 10.2. The van der Waals surface area contributed by atoms with Crippen LogP contribution in [0, 0.1) is 17.8 Å². The van der Waals surface area contributed by atoms with Crippen LogP contribution in [-0.4, -0.2) is 41.6 Å². The van der Waals surface area contributed by atoms with E-state index >= 15 is 0 Å². The molecule has 4 rings (SSSR count). The highest BCUT2D eigenvalue weighted by Gasteiger charge is 2.56. The fourth-order valence-corrected chi connectivity index (χ4v) is 4.19. The Balaban J connectivity index is 1.41. The molecule has 1 aromatic carbocycles. The average Bonchev–Trinajstić information content (AvgIpc) is 2.99. The van der Waals surface area contributed by atoms with Crippen LogP contribution in [0.3, 0.4) is 0 Å². The van der Waals surface area contributed by atoms with Gasteiger partial charge >= 0.3 is 0 Å². The lowest BCUT2D eigenvalue weighted by atomic mass is 10.2. The van der Waals surface area contributed by atoms with Crippen molar-refractivity contribution in [3.63, 3.8) is 0 Å². The molecule has 2 aromatic rings. The molecule has 1 aliphatic carbocycles. The van der Waals surface area contributed by atoms with E-state index in [1.807, 2.05) is 25.1 Å². The molecule has 0 N–H and O–H groups in total. The van der Waals surface area contributed by atoms with Crippen molar-refractivity contribution >= 4 is 5.95 Å². The lowest BCUT2D eigenvalue weighted by Crippen LogP contribution is -2.28. The molecule has 1 saturated carbocycles. The molecule has 2 heterocycles. The van der Waals surface area contributed by atoms with Gasteiger partial charge in [0.05, 0.1) is 6.61 Å². The summed E-state index contributed by atoms with van der Waals surface area (Å²) < 4.78 is 13.4. The summed E-state index contributed by atoms with van der Waals surface area (Å²) >= 11 is 0. The van der Waals surface area contributed by atoms with Crippen LogP contribution in [0.4, 0.5) is 5.95 Å². The molecule has 0 spiro atoms. The van der Waals surface area contributed by atoms with Crippen molar-refractivity contribution in [2.45, 2.75) is 26.7 Å². The number of piperidine rings is 1. The Morgan fingerprint density at radius 3 is 2.56 bits per heavy atom. The minimum absolute atomic E-state index is 0.447. The van der Waals surface area contributed by atoms with Crippen molar-refractivity contribution in [2.24, 2.45) is 17.8 Å². The molecule has 0 radical (unpaired) electrons. The lowest BCUT2D eigenvalue weighted by molar-refractivity contribution is 0.0993. The van der Waals surface area contributed by atoms with Gasteiger partial charge in [-0.15, -0.1) is 10.2 Å². The van der Waals surface area contributed by atoms with Gasteiger partial charge in [-0.25, -0.2) is 0 Å². The Hall–Kier alpha value is -2.18. The molecule has 0 bridgehead atoms. The van der Waals surface area contributed by atoms with Gasteiger partial charge < -0.3 is 14.4 Å². The van der Waals surface area contributed by atoms with Crippen LogP contribution >= 0.6 is 0 Å². The van der Waals surface area contributed by atoms with E-state index in [1.54, 1.807) is 7.11 Å². The van der Waals surface area contributed by atoms with Crippen LogP contribution in [-0.2, 0) is 29.2 Å². The largest absolute Gasteiger partial charge is 0.384 e. The highest BCUT2D eigenvalue weighted by atomic mass is 16.5. The highest BCUT2D eigenvalue weighted by Crippen LogP contribution is 2.52. The van der Waals surface area contributed by atoms with E-state index in [1.165, 1.54) is 0 Å². The van der Waals surface area contributed by atoms with Gasteiger partial charge in [0, 0.05) is 33.4 Å². The number of ether oxygens (including phenoxy) is 2. The molecule has 6 nitrogen and oxygen atoms in total. The number of hydrogen-bond acceptors (Lipinski definition) is 5. The second-order valence-corrected chi connectivity index (χ2v) is 7.79. The Morgan fingerprint density at radius 1 is 1.15 bits per heavy atom. The SMILES string of the molecule is C=C(C)Cn1c(COCc2ccccc2)nnc1N1C[C@@H]2C(COC)[C@@H]2C1. The topological polar surface area (TPSA) is 52.4 Å². The number of rotatable bonds is 9. The van der Waals surface area contributed by atoms with Crippen molar-refractivity contribution in [3.8, 4) is 0 Å². The third-order valence-corrected chi connectivity index (χ3v) is 5.59. The fourth-order valence-electron chi connectivity index (χ4n) is 4.19. The van der Waals surface area contributed by atoms with Gasteiger partial charge in [0.2, 0.25) is 5.95 Å². The van der Waals surface area contributed by atoms with Crippen LogP contribution in [0.5, 0.6) is 0 Å². The molecule has 2 fully saturated rings. The summed E-state index contributed by atoms with van der Waals surface area (Å²) in [5, 5.41) is 8.91. The third-order valence-electron chi connectivity index (χ3n) is 5.59. The molecule has 27 heavy (non-hydrogen) atoms. The monoisotopic (exact) mass is 368 g/mol. The van der Waals surface area contributed by atoms with E-state index in [2.05, 4.69) is 38.4 Å². The first-order chi connectivity index (χ1) is 13.2. The molecule has 144 valence electrons. The van der Waals surface area contributed by atoms with Crippen molar-refractivity contribution in [3.05, 3.63) is 53.9 Å². The van der Waals surface area contributed by atoms with Crippen molar-refractivity contribution in [2.75, 3.05) is 31.7 Å². The van der Waals surface area contributed by atoms with Gasteiger partial charge in [0.1, 0.15) is 6.61 Å². The minimum atomic E-state index is 0.447. The minimum Gasteiger partial charge on any atom is -0.384 e. The number of methoxy groups -OCH3 is 1. The molecular weight excluding hydrogens is 340 g/mol. The van der Waals surface area contributed by atoms with Gasteiger partial charge in [-0.1, -0.05) is 42.5 Å². The fraction of sp³-hybridized carbons (Fsp3) is 0.524. The average molecular weight is 368 g/mol. The van der Waals surface area contributed by atoms with E-state index in [0.717, 1.165) is 66.9 Å². The Labute approximate surface area is 160 Å². The molecule has 2 aliphatic rings. The highest BCUT2D eigenvalue weighted by molar-refractivity contribution is 5.37. The lowest BCUT2D eigenvalue weighted by Gasteiger charge is -2.22. The summed E-state index contributed by atoms with van der Waals surface area (Å²) in [6.07, 6.45) is 0. The van der Waals surface area contributed by atoms with Gasteiger partial charge in [-0.05, 0) is 30.2 Å². The third kappa shape index (κ3) is 3.92. The van der Waals surface area contributed by atoms with Crippen molar-refractivity contribution in [1.82, 2.24) is 14.8 Å². The number of aromatic nitrogens is 3. The summed E-state index contributed by atoms with van der Waals surface area (Å²) in [4.78, 5) is 2.36. The Bertz CT molecular complexity index is 777. The summed E-state index contributed by atoms with van der Waals surface area (Å²) in [6.45, 7) is 10.8. The predicted molar refractivity (Wildman–Crippen MR) is 104 cm³/mol. The number of anilines is 1. The van der Waals surface area contributed by atoms with Crippen molar-refractivity contribution < 1.29 is 9.47 Å². The maximum absolute atomic E-state index is 5.89. The van der Waals surface area contributed by atoms with Gasteiger partial charge in [0.15, 0.2) is 5.82 Å². The molecule has 1 aliphatic heterocycles. The molecule has 6 heteroatoms. The maximum Gasteiger partial charge on any atom is 0.227 e. The Morgan fingerprint density at radius 2 is 1.89 bits per heavy atom. The van der Waals surface area contributed by atoms with Crippen LogP contribution in [0.25, 0.3) is 0 Å². The first-order valence-corrected chi connectivity index (χ1v) is 9.59. The summed E-state index contributed by atoms with van der Waals surface area (Å²) in [5.41, 5.74) is 2.24. The van der Waals surface area contributed by atoms with Crippen LogP contribution < -0.4 is 4.90 Å². The summed E-state index contributed by atoms with van der Waals surface area (Å²) in [7, 11) is 1.79. The maximum atomic E-state index is 5.89. The quantitative estimate of drug-likeness (QED) is 0.637. The zero-order valence-corrected chi connectivity index (χ0v) is 16.2. The number of nitrogens with zero attached hydrogens (tertiary/aromatic N) is 4. The zero-order valence-electron chi connectivity index (χ0n) is 16.2. The van der Waals surface area contributed by atoms with Gasteiger partial charge in [0.25, 0.3) is 0 Å². The van der Waals surface area contributed by atoms with E-state index in [4.69, 9.17) is 9.47 Å². The van der Waals surface area contributed by atoms with Crippen LogP contribution in [0.15, 0.2) is 42.5 Å². The van der Waals surface area contributed by atoms with E-state index < -0.39 is 0 Å². The number of hydrogen-bond donors (Lipinski definition) is 0.